The average molecular weight is 393 g/mol. The second kappa shape index (κ2) is 12.4. The van der Waals surface area contributed by atoms with Gasteiger partial charge in [-0.2, -0.15) is 0 Å². The monoisotopic (exact) mass is 392 g/mol. The fourth-order valence-electron chi connectivity index (χ4n) is 2.31. The summed E-state index contributed by atoms with van der Waals surface area (Å²) in [6.07, 6.45) is 4.91. The van der Waals surface area contributed by atoms with Gasteiger partial charge in [-0.05, 0) is 50.9 Å². The smallest absolute Gasteiger partial charge is 0.186 e. The van der Waals surface area contributed by atoms with Crippen molar-refractivity contribution in [2.75, 3.05) is 18.8 Å². The number of hydrogen-bond acceptors (Lipinski definition) is 5. The Labute approximate surface area is 157 Å². The molecule has 1 aromatic rings. The summed E-state index contributed by atoms with van der Waals surface area (Å²) < 4.78 is 24.2. The van der Waals surface area contributed by atoms with E-state index in [4.69, 9.17) is 17.3 Å². The van der Waals surface area contributed by atoms with Crippen molar-refractivity contribution in [1.29, 1.82) is 0 Å². The van der Waals surface area contributed by atoms with E-state index in [0.29, 0.717) is 12.8 Å². The van der Waals surface area contributed by atoms with Crippen molar-refractivity contribution >= 4 is 27.1 Å². The zero-order valence-electron chi connectivity index (χ0n) is 15.8. The minimum atomic E-state index is -3.55. The van der Waals surface area contributed by atoms with Crippen LogP contribution in [0.15, 0.2) is 17.0 Å². The number of nitrogens with one attached hydrogen (secondary N) is 1. The van der Waals surface area contributed by atoms with E-state index in [2.05, 4.69) is 5.32 Å². The molecule has 1 aliphatic heterocycles. The van der Waals surface area contributed by atoms with Crippen molar-refractivity contribution in [3.05, 3.63) is 17.2 Å². The van der Waals surface area contributed by atoms with Gasteiger partial charge >= 0.3 is 0 Å². The van der Waals surface area contributed by atoms with E-state index in [-0.39, 0.29) is 15.6 Å². The Kier molecular flexibility index (Phi) is 11.9. The van der Waals surface area contributed by atoms with Crippen LogP contribution in [-0.4, -0.2) is 31.9 Å². The second-order valence-corrected chi connectivity index (χ2v) is 7.94. The molecule has 1 saturated carbocycles. The third-order valence-electron chi connectivity index (χ3n) is 3.85. The number of nitrogen functional groups attached to an aromatic ring is 1. The van der Waals surface area contributed by atoms with Gasteiger partial charge < -0.3 is 16.2 Å². The van der Waals surface area contributed by atoms with Gasteiger partial charge in [0.15, 0.2) is 15.6 Å². The second-order valence-electron chi connectivity index (χ2n) is 5.37. The molecule has 2 aliphatic rings. The lowest BCUT2D eigenvalue weighted by atomic mass is 10.00. The van der Waals surface area contributed by atoms with E-state index < -0.39 is 20.8 Å². The molecule has 0 bridgehead atoms. The first kappa shape index (κ1) is 24.0. The number of halogens is 1. The predicted molar refractivity (Wildman–Crippen MR) is 107 cm³/mol. The zero-order chi connectivity index (χ0) is 19.5. The Morgan fingerprint density at radius 1 is 1.08 bits per heavy atom. The summed E-state index contributed by atoms with van der Waals surface area (Å²) in [6, 6.07) is 2.78. The molecule has 7 heteroatoms. The lowest BCUT2D eigenvalue weighted by Gasteiger charge is -2.26. The van der Waals surface area contributed by atoms with Crippen molar-refractivity contribution < 1.29 is 13.5 Å². The van der Waals surface area contributed by atoms with E-state index in [1.54, 1.807) is 0 Å². The summed E-state index contributed by atoms with van der Waals surface area (Å²) in [7, 11) is -3.55. The summed E-state index contributed by atoms with van der Waals surface area (Å²) >= 11 is 5.82. The van der Waals surface area contributed by atoms with Crippen LogP contribution in [0, 0.1) is 0 Å². The van der Waals surface area contributed by atoms with Crippen molar-refractivity contribution in [3.8, 4) is 5.75 Å². The van der Waals surface area contributed by atoms with Crippen molar-refractivity contribution in [2.24, 2.45) is 0 Å². The van der Waals surface area contributed by atoms with Gasteiger partial charge in [-0.3, -0.25) is 0 Å². The van der Waals surface area contributed by atoms with Crippen LogP contribution in [0.4, 0.5) is 5.69 Å². The summed E-state index contributed by atoms with van der Waals surface area (Å²) in [5.74, 6) is -0.431. The predicted octanol–water partition coefficient (Wildman–Crippen LogP) is 4.38. The molecule has 1 aliphatic carbocycles. The fourth-order valence-corrected chi connectivity index (χ4v) is 4.79. The maximum Gasteiger partial charge on any atom is 0.186 e. The maximum absolute atomic E-state index is 12.1. The molecule has 25 heavy (non-hydrogen) atoms. The average Bonchev–Trinajstić information content (AvgIpc) is 3.12. The van der Waals surface area contributed by atoms with E-state index in [1.165, 1.54) is 38.1 Å². The Balaban J connectivity index is 0.000000534. The molecule has 0 amide bonds. The topological polar surface area (TPSA) is 92.4 Å². The number of phenolic OH excluding ortho intramolecular Hbond substituents is 1. The third-order valence-corrected chi connectivity index (χ3v) is 6.61. The Morgan fingerprint density at radius 3 is 1.96 bits per heavy atom. The molecule has 1 heterocycles. The fraction of sp³-hybridized carbons (Fsp3) is 0.667. The van der Waals surface area contributed by atoms with Gasteiger partial charge in [0, 0.05) is 0 Å². The minimum Gasteiger partial charge on any atom is -0.504 e. The Morgan fingerprint density at radius 2 is 1.60 bits per heavy atom. The van der Waals surface area contributed by atoms with Gasteiger partial charge in [0.05, 0.1) is 16.0 Å². The van der Waals surface area contributed by atoms with Crippen molar-refractivity contribution in [1.82, 2.24) is 5.32 Å². The largest absolute Gasteiger partial charge is 0.504 e. The molecular formula is C18H33ClN2O3S. The number of nitrogens with two attached hydrogens (primary N) is 1. The first-order chi connectivity index (χ1) is 11.9. The van der Waals surface area contributed by atoms with E-state index in [1.807, 2.05) is 27.7 Å². The van der Waals surface area contributed by atoms with Crippen LogP contribution in [0.3, 0.4) is 0 Å². The van der Waals surface area contributed by atoms with Gasteiger partial charge in [-0.25, -0.2) is 8.42 Å². The zero-order valence-corrected chi connectivity index (χ0v) is 17.4. The molecule has 0 aromatic heterocycles. The SMILES string of the molecule is C1CCNC1.CC.CC.Nc1ccc(Cl)c(S(=O)(=O)C2CCC2)c1O. The number of benzene rings is 1. The number of sulfone groups is 1. The van der Waals surface area contributed by atoms with Gasteiger partial charge in [0.2, 0.25) is 0 Å². The van der Waals surface area contributed by atoms with Crippen LogP contribution in [0.1, 0.15) is 59.8 Å². The van der Waals surface area contributed by atoms with Crippen LogP contribution >= 0.6 is 11.6 Å². The molecule has 146 valence electrons. The molecular weight excluding hydrogens is 360 g/mol. The van der Waals surface area contributed by atoms with Crippen molar-refractivity contribution in [2.45, 2.75) is 69.9 Å². The van der Waals surface area contributed by atoms with Gasteiger partial charge in [-0.15, -0.1) is 0 Å². The van der Waals surface area contributed by atoms with Gasteiger partial charge in [0.25, 0.3) is 0 Å². The maximum atomic E-state index is 12.1. The number of rotatable bonds is 2. The van der Waals surface area contributed by atoms with E-state index in [0.717, 1.165) is 6.42 Å². The van der Waals surface area contributed by atoms with E-state index in [9.17, 15) is 13.5 Å². The number of aromatic hydroxyl groups is 1. The summed E-state index contributed by atoms with van der Waals surface area (Å²) in [5, 5.41) is 12.5. The highest BCUT2D eigenvalue weighted by Crippen LogP contribution is 2.41. The molecule has 4 N–H and O–H groups in total. The first-order valence-electron chi connectivity index (χ1n) is 9.16. The molecule has 0 spiro atoms. The molecule has 0 unspecified atom stereocenters. The quantitative estimate of drug-likeness (QED) is 0.513. The molecule has 2 fully saturated rings. The Bertz CT molecular complexity index is 591. The van der Waals surface area contributed by atoms with Crippen LogP contribution < -0.4 is 11.1 Å². The molecule has 1 aromatic carbocycles. The molecule has 5 nitrogen and oxygen atoms in total. The Hall–Kier alpha value is -0.980. The van der Waals surface area contributed by atoms with E-state index >= 15 is 0 Å². The number of anilines is 1. The molecule has 0 atom stereocenters. The van der Waals surface area contributed by atoms with Gasteiger partial charge in [-0.1, -0.05) is 45.7 Å². The lowest BCUT2D eigenvalue weighted by molar-refractivity contribution is 0.450. The summed E-state index contributed by atoms with van der Waals surface area (Å²) in [5.41, 5.74) is 5.50. The standard InChI is InChI=1S/C10H12ClNO3S.C4H9N.2C2H6/c11-7-4-5-8(12)9(13)10(7)16(14,15)6-2-1-3-6;1-2-4-5-3-1;2*1-2/h4-6,13H,1-3,12H2;5H,1-4H2;2*1-2H3. The highest BCUT2D eigenvalue weighted by Gasteiger charge is 2.36. The van der Waals surface area contributed by atoms with Crippen LogP contribution in [-0.2, 0) is 9.84 Å². The first-order valence-corrected chi connectivity index (χ1v) is 11.1. The lowest BCUT2D eigenvalue weighted by Crippen LogP contribution is -2.28. The molecule has 3 rings (SSSR count). The highest BCUT2D eigenvalue weighted by atomic mass is 35.5. The van der Waals surface area contributed by atoms with Crippen molar-refractivity contribution in [3.63, 3.8) is 0 Å². The summed E-state index contributed by atoms with van der Waals surface area (Å²) in [6.45, 7) is 10.5. The van der Waals surface area contributed by atoms with Crippen LogP contribution in [0.2, 0.25) is 5.02 Å². The minimum absolute atomic E-state index is 0.0265. The number of hydrogen-bond donors (Lipinski definition) is 3. The molecule has 0 radical (unpaired) electrons. The number of phenols is 1. The van der Waals surface area contributed by atoms with Crippen LogP contribution in [0.25, 0.3) is 0 Å². The van der Waals surface area contributed by atoms with Crippen LogP contribution in [0.5, 0.6) is 5.75 Å². The summed E-state index contributed by atoms with van der Waals surface area (Å²) in [4.78, 5) is -0.223. The highest BCUT2D eigenvalue weighted by molar-refractivity contribution is 7.92. The van der Waals surface area contributed by atoms with Gasteiger partial charge in [0.1, 0.15) is 4.90 Å². The normalized spacial score (nSPS) is 16.2. The molecule has 1 saturated heterocycles. The third kappa shape index (κ3) is 6.68.